The van der Waals surface area contributed by atoms with Gasteiger partial charge in [-0.05, 0) is 57.6 Å². The molecule has 4 aromatic rings. The van der Waals surface area contributed by atoms with Crippen molar-refractivity contribution in [2.75, 3.05) is 18.1 Å². The third-order valence-corrected chi connectivity index (χ3v) is 5.90. The molecule has 1 aliphatic carbocycles. The zero-order chi connectivity index (χ0) is 21.1. The van der Waals surface area contributed by atoms with Crippen molar-refractivity contribution in [2.45, 2.75) is 26.7 Å². The molecule has 0 unspecified atom stereocenters. The van der Waals surface area contributed by atoms with Gasteiger partial charge in [-0.2, -0.15) is 0 Å². The molecule has 3 N–H and O–H groups in total. The first kappa shape index (κ1) is 22.2. The van der Waals surface area contributed by atoms with E-state index < -0.39 is 0 Å². The van der Waals surface area contributed by atoms with Crippen LogP contribution in [0, 0.1) is 0 Å². The van der Waals surface area contributed by atoms with Gasteiger partial charge in [-0.15, -0.1) is 0 Å². The van der Waals surface area contributed by atoms with Crippen LogP contribution in [0.3, 0.4) is 0 Å². The molecule has 0 atom stereocenters. The van der Waals surface area contributed by atoms with E-state index in [-0.39, 0.29) is 12.8 Å². The lowest BCUT2D eigenvalue weighted by atomic mass is 9.67. The fraction of sp³-hybridized carbons (Fsp3) is 0.172. The molecule has 0 spiro atoms. The minimum Gasteiger partial charge on any atom is -0.399 e. The van der Waals surface area contributed by atoms with E-state index in [1.165, 1.54) is 33.4 Å². The number of hydrogen-bond donors (Lipinski definition) is 2. The second-order valence-corrected chi connectivity index (χ2v) is 7.29. The largest absolute Gasteiger partial charge is 0.399 e. The fourth-order valence-electron chi connectivity index (χ4n) is 4.64. The molecule has 2 nitrogen and oxygen atoms in total. The Hall–Kier alpha value is -3.52. The van der Waals surface area contributed by atoms with Crippen LogP contribution < -0.4 is 11.1 Å². The van der Waals surface area contributed by atoms with E-state index in [4.69, 9.17) is 5.73 Å². The summed E-state index contributed by atoms with van der Waals surface area (Å²) >= 11 is 0. The summed E-state index contributed by atoms with van der Waals surface area (Å²) in [6.45, 7) is 4.00. The van der Waals surface area contributed by atoms with Crippen LogP contribution in [-0.2, 0) is 5.41 Å². The van der Waals surface area contributed by atoms with Crippen LogP contribution in [0.5, 0.6) is 0 Å². The molecule has 0 saturated heterocycles. The van der Waals surface area contributed by atoms with E-state index in [1.54, 1.807) is 0 Å². The molecule has 158 valence electrons. The second-order valence-electron chi connectivity index (χ2n) is 7.29. The highest BCUT2D eigenvalue weighted by Crippen LogP contribution is 2.55. The first-order valence-electron chi connectivity index (χ1n) is 10.6. The number of nitrogens with one attached hydrogen (secondary N) is 1. The zero-order valence-corrected chi connectivity index (χ0v) is 17.8. The third-order valence-electron chi connectivity index (χ3n) is 5.90. The minimum absolute atomic E-state index is 0. The van der Waals surface area contributed by atoms with Crippen molar-refractivity contribution in [3.63, 3.8) is 0 Å². The molecule has 0 radical (unpaired) electrons. The van der Waals surface area contributed by atoms with Crippen LogP contribution in [-0.4, -0.2) is 7.05 Å². The van der Waals surface area contributed by atoms with E-state index in [1.807, 2.05) is 33.0 Å². The smallest absolute Gasteiger partial charge is 0.0713 e. The van der Waals surface area contributed by atoms with E-state index in [0.29, 0.717) is 0 Å². The predicted molar refractivity (Wildman–Crippen MR) is 136 cm³/mol. The summed E-state index contributed by atoms with van der Waals surface area (Å²) in [7, 11) is 1.95. The topological polar surface area (TPSA) is 38.0 Å². The Bertz CT molecular complexity index is 1100. The van der Waals surface area contributed by atoms with Crippen LogP contribution >= 0.6 is 0 Å². The molecule has 4 aromatic carbocycles. The minimum atomic E-state index is -0.354. The number of benzene rings is 4. The van der Waals surface area contributed by atoms with Crippen molar-refractivity contribution in [3.05, 3.63) is 119 Å². The van der Waals surface area contributed by atoms with Crippen LogP contribution in [0.4, 0.5) is 11.4 Å². The van der Waals surface area contributed by atoms with E-state index in [0.717, 1.165) is 11.4 Å². The van der Waals surface area contributed by atoms with Gasteiger partial charge < -0.3 is 11.1 Å². The highest BCUT2D eigenvalue weighted by molar-refractivity contribution is 5.86. The van der Waals surface area contributed by atoms with Crippen molar-refractivity contribution < 1.29 is 0 Å². The molecule has 2 heteroatoms. The molecule has 0 heterocycles. The number of hydrogen-bond acceptors (Lipinski definition) is 2. The Morgan fingerprint density at radius 3 is 1.48 bits per heavy atom. The lowest BCUT2D eigenvalue weighted by Gasteiger charge is -2.34. The lowest BCUT2D eigenvalue weighted by Crippen LogP contribution is -2.28. The lowest BCUT2D eigenvalue weighted by molar-refractivity contribution is 0.769. The van der Waals surface area contributed by atoms with Gasteiger partial charge in [0, 0.05) is 18.4 Å². The number of anilines is 2. The Kier molecular flexibility index (Phi) is 6.50. The Morgan fingerprint density at radius 2 is 1.03 bits per heavy atom. The van der Waals surface area contributed by atoms with Crippen LogP contribution in [0.1, 0.15) is 43.5 Å². The molecule has 0 bridgehead atoms. The zero-order valence-electron chi connectivity index (χ0n) is 17.8. The van der Waals surface area contributed by atoms with Crippen molar-refractivity contribution >= 4 is 11.4 Å². The van der Waals surface area contributed by atoms with Crippen molar-refractivity contribution in [1.29, 1.82) is 0 Å². The van der Waals surface area contributed by atoms with E-state index in [2.05, 4.69) is 90.2 Å². The van der Waals surface area contributed by atoms with E-state index in [9.17, 15) is 0 Å². The summed E-state index contributed by atoms with van der Waals surface area (Å²) in [5.74, 6) is 0. The van der Waals surface area contributed by atoms with Crippen LogP contribution in [0.15, 0.2) is 97.1 Å². The quantitative estimate of drug-likeness (QED) is 0.307. The van der Waals surface area contributed by atoms with Gasteiger partial charge in [0.15, 0.2) is 0 Å². The van der Waals surface area contributed by atoms with Gasteiger partial charge in [0.05, 0.1) is 5.41 Å². The van der Waals surface area contributed by atoms with Gasteiger partial charge in [0.25, 0.3) is 0 Å². The Balaban J connectivity index is 0.000000883. The predicted octanol–water partition coefficient (Wildman–Crippen LogP) is 7.34. The van der Waals surface area contributed by atoms with Crippen LogP contribution in [0.25, 0.3) is 11.1 Å². The molecule has 1 aliphatic rings. The number of fused-ring (bicyclic) bond motifs is 3. The summed E-state index contributed by atoms with van der Waals surface area (Å²) in [5, 5.41) is 3.23. The first-order valence-corrected chi connectivity index (χ1v) is 10.6. The number of nitrogen functional groups attached to an aromatic ring is 1. The summed E-state index contributed by atoms with van der Waals surface area (Å²) in [6.07, 6.45) is 0. The van der Waals surface area contributed by atoms with Gasteiger partial charge >= 0.3 is 0 Å². The van der Waals surface area contributed by atoms with Crippen molar-refractivity contribution in [1.82, 2.24) is 0 Å². The third kappa shape index (κ3) is 3.38. The maximum Gasteiger partial charge on any atom is 0.0713 e. The van der Waals surface area contributed by atoms with Gasteiger partial charge in [0.2, 0.25) is 0 Å². The fourth-order valence-corrected chi connectivity index (χ4v) is 4.64. The van der Waals surface area contributed by atoms with Gasteiger partial charge in [-0.3, -0.25) is 0 Å². The number of rotatable bonds is 3. The Morgan fingerprint density at radius 1 is 0.613 bits per heavy atom. The summed E-state index contributed by atoms with van der Waals surface area (Å²) in [5.41, 5.74) is 15.3. The summed E-state index contributed by atoms with van der Waals surface area (Å²) in [4.78, 5) is 0. The van der Waals surface area contributed by atoms with Crippen molar-refractivity contribution in [2.24, 2.45) is 0 Å². The van der Waals surface area contributed by atoms with Gasteiger partial charge in [-0.25, -0.2) is 0 Å². The normalized spacial score (nSPS) is 12.5. The molecule has 0 amide bonds. The molecule has 0 fully saturated rings. The van der Waals surface area contributed by atoms with Crippen LogP contribution in [0.2, 0.25) is 0 Å². The average Bonchev–Trinajstić information content (AvgIpc) is 3.12. The maximum atomic E-state index is 6.03. The molecule has 0 aliphatic heterocycles. The van der Waals surface area contributed by atoms with Gasteiger partial charge in [-0.1, -0.05) is 94.1 Å². The summed E-state index contributed by atoms with van der Waals surface area (Å²) < 4.78 is 0. The molecule has 0 aromatic heterocycles. The maximum absolute atomic E-state index is 6.03. The monoisotopic (exact) mass is 408 g/mol. The highest BCUT2D eigenvalue weighted by Gasteiger charge is 2.45. The van der Waals surface area contributed by atoms with Gasteiger partial charge in [0.1, 0.15) is 0 Å². The number of nitrogens with two attached hydrogens (primary N) is 1. The van der Waals surface area contributed by atoms with E-state index >= 15 is 0 Å². The molecule has 0 saturated carbocycles. The SMILES string of the molecule is C.CC.CNc1ccc(C2(c3ccc(N)cc3)c3ccccc3-c3ccccc32)cc1. The average molecular weight is 409 g/mol. The Labute approximate surface area is 186 Å². The van der Waals surface area contributed by atoms with Crippen molar-refractivity contribution in [3.8, 4) is 11.1 Å². The molecular formula is C29H32N2. The summed E-state index contributed by atoms with van der Waals surface area (Å²) in [6, 6.07) is 34.6. The molecule has 31 heavy (non-hydrogen) atoms. The molecule has 5 rings (SSSR count). The standard InChI is InChI=1S/C26H22N2.C2H6.CH4/c1-28-21-16-12-19(13-17-21)26(18-10-14-20(27)15-11-18)24-8-4-2-6-22(24)23-7-3-5-9-25(23)26;1-2;/h2-17,28H,27H2,1H3;1-2H3;1H4. The highest BCUT2D eigenvalue weighted by atomic mass is 14.8. The second kappa shape index (κ2) is 9.09. The molecular weight excluding hydrogens is 376 g/mol. The first-order chi connectivity index (χ1) is 14.7.